The molecule has 2 heterocycles. The average Bonchev–Trinajstić information content (AvgIpc) is 3.48. The number of rotatable bonds is 6. The van der Waals surface area contributed by atoms with Gasteiger partial charge in [-0.3, -0.25) is 0 Å². The van der Waals surface area contributed by atoms with Crippen molar-refractivity contribution in [1.29, 1.82) is 0 Å². The Labute approximate surface area is 204 Å². The maximum Gasteiger partial charge on any atom is 0.410 e. The molecular weight excluding hydrogens is 452 g/mol. The SMILES string of the molecule is COC1CC(Oc2nc(N3CCN(C(=O)OCc4ccccc4)CC3)nc3c2CCC3)C(O)C1O. The van der Waals surface area contributed by atoms with E-state index in [9.17, 15) is 15.0 Å². The fourth-order valence-corrected chi connectivity index (χ4v) is 4.97. The lowest BCUT2D eigenvalue weighted by Gasteiger charge is -2.34. The van der Waals surface area contributed by atoms with E-state index >= 15 is 0 Å². The molecule has 3 aliphatic rings. The lowest BCUT2D eigenvalue weighted by molar-refractivity contribution is -0.0486. The Morgan fingerprint density at radius 1 is 1.03 bits per heavy atom. The van der Waals surface area contributed by atoms with Gasteiger partial charge in [-0.25, -0.2) is 9.78 Å². The second kappa shape index (κ2) is 10.3. The largest absolute Gasteiger partial charge is 0.471 e. The number of aromatic nitrogens is 2. The Morgan fingerprint density at radius 3 is 2.49 bits per heavy atom. The van der Waals surface area contributed by atoms with Crippen molar-refractivity contribution in [2.24, 2.45) is 0 Å². The molecule has 5 rings (SSSR count). The van der Waals surface area contributed by atoms with Crippen molar-refractivity contribution < 1.29 is 29.2 Å². The van der Waals surface area contributed by atoms with E-state index in [4.69, 9.17) is 24.2 Å². The zero-order valence-electron chi connectivity index (χ0n) is 19.9. The van der Waals surface area contributed by atoms with Gasteiger partial charge in [0.05, 0.1) is 11.8 Å². The van der Waals surface area contributed by atoms with Crippen LogP contribution in [-0.2, 0) is 28.9 Å². The molecular formula is C25H32N4O6. The lowest BCUT2D eigenvalue weighted by atomic mass is 10.2. The van der Waals surface area contributed by atoms with Crippen molar-refractivity contribution in [2.45, 2.75) is 56.7 Å². The molecule has 1 saturated heterocycles. The number of amides is 1. The summed E-state index contributed by atoms with van der Waals surface area (Å²) in [7, 11) is 1.51. The van der Waals surface area contributed by atoms with Crippen molar-refractivity contribution in [2.75, 3.05) is 38.2 Å². The maximum atomic E-state index is 12.5. The summed E-state index contributed by atoms with van der Waals surface area (Å²) in [6, 6.07) is 9.62. The van der Waals surface area contributed by atoms with Crippen LogP contribution < -0.4 is 9.64 Å². The van der Waals surface area contributed by atoms with Crippen LogP contribution in [0.3, 0.4) is 0 Å². The van der Waals surface area contributed by atoms with Crippen LogP contribution in [0.15, 0.2) is 30.3 Å². The number of fused-ring (bicyclic) bond motifs is 1. The molecule has 0 spiro atoms. The molecule has 1 saturated carbocycles. The Hall–Kier alpha value is -2.95. The minimum atomic E-state index is -1.04. The molecule has 2 N–H and O–H groups in total. The van der Waals surface area contributed by atoms with Gasteiger partial charge in [-0.2, -0.15) is 4.98 Å². The third-order valence-electron chi connectivity index (χ3n) is 7.05. The van der Waals surface area contributed by atoms with Crippen molar-refractivity contribution >= 4 is 12.0 Å². The smallest absolute Gasteiger partial charge is 0.410 e. The molecule has 188 valence electrons. The standard InChI is InChI=1S/C25H32N4O6/c1-33-19-14-20(22(31)21(19)30)35-23-17-8-5-9-18(17)26-24(27-23)28-10-12-29(13-11-28)25(32)34-15-16-6-3-2-4-7-16/h2-4,6-7,19-22,30-31H,5,8-15H2,1H3. The molecule has 2 aliphatic carbocycles. The topological polar surface area (TPSA) is 117 Å². The van der Waals surface area contributed by atoms with Crippen LogP contribution in [-0.4, -0.2) is 88.9 Å². The average molecular weight is 485 g/mol. The van der Waals surface area contributed by atoms with Crippen molar-refractivity contribution in [3.8, 4) is 5.88 Å². The Morgan fingerprint density at radius 2 is 1.77 bits per heavy atom. The van der Waals surface area contributed by atoms with Crippen LogP contribution in [0, 0.1) is 0 Å². The molecule has 10 heteroatoms. The van der Waals surface area contributed by atoms with Gasteiger partial charge in [0.15, 0.2) is 0 Å². The summed E-state index contributed by atoms with van der Waals surface area (Å²) in [4.78, 5) is 25.7. The van der Waals surface area contributed by atoms with Gasteiger partial charge in [0.1, 0.15) is 24.9 Å². The normalized spacial score (nSPS) is 26.0. The van der Waals surface area contributed by atoms with Crippen LogP contribution in [0.5, 0.6) is 5.88 Å². The minimum absolute atomic E-state index is 0.250. The van der Waals surface area contributed by atoms with Crippen LogP contribution >= 0.6 is 0 Å². The number of piperazine rings is 1. The number of aliphatic hydroxyl groups excluding tert-OH is 2. The van der Waals surface area contributed by atoms with Crippen molar-refractivity contribution in [1.82, 2.24) is 14.9 Å². The third kappa shape index (κ3) is 5.05. The first-order valence-electron chi connectivity index (χ1n) is 12.2. The molecule has 35 heavy (non-hydrogen) atoms. The highest BCUT2D eigenvalue weighted by Gasteiger charge is 2.44. The Bertz CT molecular complexity index is 1030. The minimum Gasteiger partial charge on any atom is -0.471 e. The van der Waals surface area contributed by atoms with Gasteiger partial charge < -0.3 is 34.2 Å². The van der Waals surface area contributed by atoms with Crippen LogP contribution in [0.2, 0.25) is 0 Å². The Kier molecular flexibility index (Phi) is 7.03. The third-order valence-corrected chi connectivity index (χ3v) is 7.05. The molecule has 0 bridgehead atoms. The second-order valence-corrected chi connectivity index (χ2v) is 9.27. The predicted molar refractivity (Wildman–Crippen MR) is 126 cm³/mol. The number of hydrogen-bond acceptors (Lipinski definition) is 9. The second-order valence-electron chi connectivity index (χ2n) is 9.27. The lowest BCUT2D eigenvalue weighted by Crippen LogP contribution is -2.49. The highest BCUT2D eigenvalue weighted by molar-refractivity contribution is 5.68. The predicted octanol–water partition coefficient (Wildman–Crippen LogP) is 1.31. The quantitative estimate of drug-likeness (QED) is 0.626. The number of aryl methyl sites for hydroxylation is 1. The summed E-state index contributed by atoms with van der Waals surface area (Å²) in [5, 5.41) is 20.6. The van der Waals surface area contributed by atoms with Gasteiger partial charge in [-0.1, -0.05) is 30.3 Å². The monoisotopic (exact) mass is 484 g/mol. The Balaban J connectivity index is 1.23. The summed E-state index contributed by atoms with van der Waals surface area (Å²) in [5.41, 5.74) is 2.89. The van der Waals surface area contributed by atoms with E-state index in [1.165, 1.54) is 7.11 Å². The number of carbonyl (C=O) groups excluding carboxylic acids is 1. The van der Waals surface area contributed by atoms with Crippen LogP contribution in [0.25, 0.3) is 0 Å². The zero-order valence-corrected chi connectivity index (χ0v) is 19.9. The molecule has 4 atom stereocenters. The van der Waals surface area contributed by atoms with E-state index in [0.717, 1.165) is 36.1 Å². The molecule has 1 amide bonds. The molecule has 2 aromatic rings. The number of hydrogen-bond donors (Lipinski definition) is 2. The number of carbonyl (C=O) groups is 1. The van der Waals surface area contributed by atoms with E-state index in [1.54, 1.807) is 4.90 Å². The summed E-state index contributed by atoms with van der Waals surface area (Å²) in [5.74, 6) is 1.04. The molecule has 2 fully saturated rings. The number of anilines is 1. The first-order valence-corrected chi connectivity index (χ1v) is 12.2. The van der Waals surface area contributed by atoms with Crippen LogP contribution in [0.4, 0.5) is 10.7 Å². The number of methoxy groups -OCH3 is 1. The molecule has 10 nitrogen and oxygen atoms in total. The van der Waals surface area contributed by atoms with Gasteiger partial charge >= 0.3 is 6.09 Å². The number of ether oxygens (including phenoxy) is 3. The summed E-state index contributed by atoms with van der Waals surface area (Å²) >= 11 is 0. The van der Waals surface area contributed by atoms with Gasteiger partial charge in [0, 0.05) is 45.3 Å². The van der Waals surface area contributed by atoms with Gasteiger partial charge in [0.2, 0.25) is 11.8 Å². The molecule has 1 aromatic heterocycles. The van der Waals surface area contributed by atoms with Gasteiger partial charge in [-0.05, 0) is 24.8 Å². The number of nitrogens with zero attached hydrogens (tertiary/aromatic N) is 4. The summed E-state index contributed by atoms with van der Waals surface area (Å²) in [6.45, 7) is 2.42. The molecule has 0 radical (unpaired) electrons. The number of benzene rings is 1. The van der Waals surface area contributed by atoms with E-state index < -0.39 is 24.4 Å². The van der Waals surface area contributed by atoms with Crippen LogP contribution in [0.1, 0.15) is 29.7 Å². The highest BCUT2D eigenvalue weighted by Crippen LogP contribution is 2.34. The number of aliphatic hydroxyl groups is 2. The molecule has 4 unspecified atom stereocenters. The van der Waals surface area contributed by atoms with Gasteiger partial charge in [-0.15, -0.1) is 0 Å². The van der Waals surface area contributed by atoms with E-state index in [0.29, 0.717) is 44.4 Å². The van der Waals surface area contributed by atoms with Gasteiger partial charge in [0.25, 0.3) is 0 Å². The summed E-state index contributed by atoms with van der Waals surface area (Å²) in [6.07, 6.45) is -0.395. The summed E-state index contributed by atoms with van der Waals surface area (Å²) < 4.78 is 16.9. The fourth-order valence-electron chi connectivity index (χ4n) is 4.97. The molecule has 1 aliphatic heterocycles. The first kappa shape index (κ1) is 23.8. The van der Waals surface area contributed by atoms with E-state index in [2.05, 4.69) is 0 Å². The zero-order chi connectivity index (χ0) is 24.4. The van der Waals surface area contributed by atoms with Crippen molar-refractivity contribution in [3.05, 3.63) is 47.2 Å². The van der Waals surface area contributed by atoms with E-state index in [-0.39, 0.29) is 12.7 Å². The van der Waals surface area contributed by atoms with E-state index in [1.807, 2.05) is 35.2 Å². The van der Waals surface area contributed by atoms with Crippen molar-refractivity contribution in [3.63, 3.8) is 0 Å². The highest BCUT2D eigenvalue weighted by atomic mass is 16.6. The first-order chi connectivity index (χ1) is 17.0. The molecule has 1 aromatic carbocycles. The maximum absolute atomic E-state index is 12.5. The fraction of sp³-hybridized carbons (Fsp3) is 0.560.